The predicted molar refractivity (Wildman–Crippen MR) is 127 cm³/mol. The van der Waals surface area contributed by atoms with Gasteiger partial charge in [0.05, 0.1) is 28.0 Å². The van der Waals surface area contributed by atoms with Crippen LogP contribution in [0.5, 0.6) is 11.5 Å². The second-order valence-corrected chi connectivity index (χ2v) is 9.88. The lowest BCUT2D eigenvalue weighted by Crippen LogP contribution is -2.19. The van der Waals surface area contributed by atoms with Gasteiger partial charge in [0.1, 0.15) is 5.75 Å². The summed E-state index contributed by atoms with van der Waals surface area (Å²) in [6.45, 7) is 1.64. The first-order valence-corrected chi connectivity index (χ1v) is 12.0. The van der Waals surface area contributed by atoms with Gasteiger partial charge in [0, 0.05) is 16.3 Å². The Bertz CT molecular complexity index is 1420. The minimum atomic E-state index is -3.63. The lowest BCUT2D eigenvalue weighted by atomic mass is 10.1. The van der Waals surface area contributed by atoms with Crippen LogP contribution in [0.2, 0.25) is 10.0 Å². The number of rotatable bonds is 7. The molecule has 0 fully saturated rings. The molecule has 2 N–H and O–H groups in total. The fraction of sp³-hybridized carbons (Fsp3) is 0.130. The van der Waals surface area contributed by atoms with Gasteiger partial charge >= 0.3 is 0 Å². The minimum Gasteiger partial charge on any atom is -0.453 e. The number of aryl methyl sites for hydroxylation is 1. The molecule has 3 rings (SSSR count). The van der Waals surface area contributed by atoms with Crippen LogP contribution in [0.15, 0.2) is 53.4 Å². The summed E-state index contributed by atoms with van der Waals surface area (Å²) >= 11 is 12.1. The number of sulfonamides is 1. The molecule has 0 aliphatic rings. The molecule has 34 heavy (non-hydrogen) atoms. The number of nitrogens with one attached hydrogen (secondary N) is 2. The van der Waals surface area contributed by atoms with Crippen LogP contribution in [-0.2, 0) is 21.2 Å². The number of anilines is 1. The summed E-state index contributed by atoms with van der Waals surface area (Å²) in [5.74, 6) is -1.57. The van der Waals surface area contributed by atoms with E-state index >= 15 is 4.39 Å². The Morgan fingerprint density at radius 3 is 2.53 bits per heavy atom. The summed E-state index contributed by atoms with van der Waals surface area (Å²) in [4.78, 5) is 12.6. The van der Waals surface area contributed by atoms with E-state index in [2.05, 4.69) is 10.0 Å². The molecule has 0 aliphatic carbocycles. The number of hydrogen-bond donors (Lipinski definition) is 2. The lowest BCUT2D eigenvalue weighted by Gasteiger charge is -2.13. The Kier molecular flexibility index (Phi) is 7.79. The van der Waals surface area contributed by atoms with Crippen molar-refractivity contribution in [2.24, 2.45) is 0 Å². The van der Waals surface area contributed by atoms with Crippen LogP contribution in [0.4, 0.5) is 10.1 Å². The topological polar surface area (TPSA) is 108 Å². The summed E-state index contributed by atoms with van der Waals surface area (Å²) < 4.78 is 46.8. The Morgan fingerprint density at radius 1 is 1.15 bits per heavy atom. The van der Waals surface area contributed by atoms with E-state index in [1.165, 1.54) is 55.6 Å². The zero-order chi connectivity index (χ0) is 25.0. The van der Waals surface area contributed by atoms with E-state index in [9.17, 15) is 13.2 Å². The number of halogens is 3. The molecule has 176 valence electrons. The van der Waals surface area contributed by atoms with Crippen molar-refractivity contribution in [3.05, 3.63) is 81.1 Å². The molecule has 0 radical (unpaired) electrons. The van der Waals surface area contributed by atoms with Crippen molar-refractivity contribution in [2.75, 3.05) is 12.4 Å². The average Bonchev–Trinajstić information content (AvgIpc) is 2.79. The second kappa shape index (κ2) is 10.4. The van der Waals surface area contributed by atoms with E-state index in [1.807, 2.05) is 6.07 Å². The van der Waals surface area contributed by atoms with E-state index < -0.39 is 21.7 Å². The summed E-state index contributed by atoms with van der Waals surface area (Å²) in [7, 11) is -2.33. The van der Waals surface area contributed by atoms with Gasteiger partial charge in [-0.1, -0.05) is 29.3 Å². The smallest absolute Gasteiger partial charge is 0.240 e. The SMILES string of the molecule is CNS(=O)(=O)c1ccc(NC(=O)Cc2ccc(Cl)c(Oc3cc(Cl)cc(C#N)c3)c2F)c(C)c1. The van der Waals surface area contributed by atoms with Crippen LogP contribution in [0, 0.1) is 24.1 Å². The molecule has 1 amide bonds. The molecular weight excluding hydrogens is 504 g/mol. The van der Waals surface area contributed by atoms with Gasteiger partial charge in [-0.25, -0.2) is 17.5 Å². The predicted octanol–water partition coefficient (Wildman–Crippen LogP) is 5.19. The number of ether oxygens (including phenoxy) is 1. The summed E-state index contributed by atoms with van der Waals surface area (Å²) in [6.07, 6.45) is -0.339. The third kappa shape index (κ3) is 5.85. The number of carbonyl (C=O) groups excluding carboxylic acids is 1. The Hall–Kier alpha value is -3.16. The van der Waals surface area contributed by atoms with Gasteiger partial charge in [0.2, 0.25) is 15.9 Å². The average molecular weight is 522 g/mol. The van der Waals surface area contributed by atoms with Gasteiger partial charge in [0.15, 0.2) is 11.6 Å². The van der Waals surface area contributed by atoms with E-state index in [4.69, 9.17) is 33.2 Å². The molecular formula is C23H18Cl2FN3O4S. The quantitative estimate of drug-likeness (QED) is 0.444. The molecule has 0 aromatic heterocycles. The second-order valence-electron chi connectivity index (χ2n) is 7.15. The van der Waals surface area contributed by atoms with Crippen LogP contribution < -0.4 is 14.8 Å². The monoisotopic (exact) mass is 521 g/mol. The highest BCUT2D eigenvalue weighted by atomic mass is 35.5. The standard InChI is InChI=1S/C23H18Cl2FN3O4S/c1-13-7-18(34(31,32)28-2)4-6-20(13)29-21(30)10-15-3-5-19(25)23(22(15)26)33-17-9-14(12-27)8-16(24)11-17/h3-9,11,28H,10H2,1-2H3,(H,29,30). The molecule has 0 saturated heterocycles. The Labute approximate surface area is 206 Å². The van der Waals surface area contributed by atoms with Gasteiger partial charge in [-0.05, 0) is 62.0 Å². The molecule has 0 spiro atoms. The van der Waals surface area contributed by atoms with Crippen LogP contribution >= 0.6 is 23.2 Å². The van der Waals surface area contributed by atoms with Crippen LogP contribution in [0.3, 0.4) is 0 Å². The van der Waals surface area contributed by atoms with Crippen molar-refractivity contribution in [3.63, 3.8) is 0 Å². The first kappa shape index (κ1) is 25.5. The highest BCUT2D eigenvalue weighted by Crippen LogP contribution is 2.35. The molecule has 0 atom stereocenters. The third-order valence-electron chi connectivity index (χ3n) is 4.75. The molecule has 3 aromatic carbocycles. The summed E-state index contributed by atoms with van der Waals surface area (Å²) in [5.41, 5.74) is 1.14. The molecule has 0 unspecified atom stereocenters. The number of hydrogen-bond acceptors (Lipinski definition) is 5. The van der Waals surface area contributed by atoms with Crippen LogP contribution in [0.25, 0.3) is 0 Å². The first-order chi connectivity index (χ1) is 16.0. The molecule has 3 aromatic rings. The normalized spacial score (nSPS) is 11.1. The molecule has 7 nitrogen and oxygen atoms in total. The highest BCUT2D eigenvalue weighted by Gasteiger charge is 2.19. The number of benzene rings is 3. The van der Waals surface area contributed by atoms with E-state index in [-0.39, 0.29) is 44.0 Å². The fourth-order valence-electron chi connectivity index (χ4n) is 3.04. The van der Waals surface area contributed by atoms with Crippen LogP contribution in [-0.4, -0.2) is 21.4 Å². The number of nitrogens with zero attached hydrogens (tertiary/aromatic N) is 1. The summed E-state index contributed by atoms with van der Waals surface area (Å²) in [6, 6.07) is 13.1. The molecule has 0 saturated carbocycles. The van der Waals surface area contributed by atoms with E-state index in [0.29, 0.717) is 11.3 Å². The van der Waals surface area contributed by atoms with Gasteiger partial charge < -0.3 is 10.1 Å². The van der Waals surface area contributed by atoms with Crippen LogP contribution in [0.1, 0.15) is 16.7 Å². The molecule has 0 aliphatic heterocycles. The molecule has 0 heterocycles. The molecule has 0 bridgehead atoms. The Morgan fingerprint density at radius 2 is 1.88 bits per heavy atom. The maximum Gasteiger partial charge on any atom is 0.240 e. The maximum absolute atomic E-state index is 15.1. The van der Waals surface area contributed by atoms with Gasteiger partial charge in [-0.3, -0.25) is 4.79 Å². The lowest BCUT2D eigenvalue weighted by molar-refractivity contribution is -0.115. The van der Waals surface area contributed by atoms with Crippen molar-refractivity contribution in [3.8, 4) is 17.6 Å². The van der Waals surface area contributed by atoms with Gasteiger partial charge in [0.25, 0.3) is 0 Å². The highest BCUT2D eigenvalue weighted by molar-refractivity contribution is 7.89. The largest absolute Gasteiger partial charge is 0.453 e. The van der Waals surface area contributed by atoms with Crippen molar-refractivity contribution in [2.45, 2.75) is 18.2 Å². The van der Waals surface area contributed by atoms with E-state index in [0.717, 1.165) is 0 Å². The zero-order valence-electron chi connectivity index (χ0n) is 17.9. The maximum atomic E-state index is 15.1. The van der Waals surface area contributed by atoms with Crippen molar-refractivity contribution >= 4 is 44.8 Å². The first-order valence-electron chi connectivity index (χ1n) is 9.73. The number of amides is 1. The van der Waals surface area contributed by atoms with Crippen molar-refractivity contribution in [1.82, 2.24) is 4.72 Å². The third-order valence-corrected chi connectivity index (χ3v) is 6.68. The zero-order valence-corrected chi connectivity index (χ0v) is 20.3. The Balaban J connectivity index is 1.81. The van der Waals surface area contributed by atoms with Gasteiger partial charge in [-0.2, -0.15) is 5.26 Å². The van der Waals surface area contributed by atoms with E-state index in [1.54, 1.807) is 6.92 Å². The van der Waals surface area contributed by atoms with Gasteiger partial charge in [-0.15, -0.1) is 0 Å². The van der Waals surface area contributed by atoms with Crippen molar-refractivity contribution < 1.29 is 22.3 Å². The summed E-state index contributed by atoms with van der Waals surface area (Å²) in [5, 5.41) is 11.9. The minimum absolute atomic E-state index is 0.0199. The number of carbonyl (C=O) groups is 1. The number of nitriles is 1. The molecule has 11 heteroatoms. The fourth-order valence-corrected chi connectivity index (χ4v) is 4.26. The van der Waals surface area contributed by atoms with Crippen molar-refractivity contribution in [1.29, 1.82) is 5.26 Å².